The second-order valence-electron chi connectivity index (χ2n) is 4.18. The van der Waals surface area contributed by atoms with Gasteiger partial charge < -0.3 is 15.2 Å². The van der Waals surface area contributed by atoms with Crippen LogP contribution < -0.4 is 11.2 Å². The van der Waals surface area contributed by atoms with Crippen molar-refractivity contribution in [1.82, 2.24) is 19.1 Å². The zero-order chi connectivity index (χ0) is 16.3. The SMILES string of the molecule is CC(=O)O.Cn1c(=O)c2[nH]c(CC(=O)O)nc2n(C)c1=O. The van der Waals surface area contributed by atoms with Crippen molar-refractivity contribution < 1.29 is 19.8 Å². The first-order valence-electron chi connectivity index (χ1n) is 5.71. The maximum absolute atomic E-state index is 11.7. The molecule has 21 heavy (non-hydrogen) atoms. The van der Waals surface area contributed by atoms with Crippen LogP contribution in [0.2, 0.25) is 0 Å². The van der Waals surface area contributed by atoms with Gasteiger partial charge in [0.1, 0.15) is 17.8 Å². The van der Waals surface area contributed by atoms with Crippen LogP contribution in [0.4, 0.5) is 0 Å². The molecular weight excluding hydrogens is 284 g/mol. The van der Waals surface area contributed by atoms with Crippen LogP contribution in [-0.4, -0.2) is 41.3 Å². The van der Waals surface area contributed by atoms with E-state index in [9.17, 15) is 14.4 Å². The van der Waals surface area contributed by atoms with E-state index in [1.54, 1.807) is 0 Å². The van der Waals surface area contributed by atoms with Crippen molar-refractivity contribution in [3.05, 3.63) is 26.7 Å². The summed E-state index contributed by atoms with van der Waals surface area (Å²) in [4.78, 5) is 49.4. The summed E-state index contributed by atoms with van der Waals surface area (Å²) >= 11 is 0. The van der Waals surface area contributed by atoms with Crippen molar-refractivity contribution in [1.29, 1.82) is 0 Å². The molecule has 0 bridgehead atoms. The molecule has 3 N–H and O–H groups in total. The van der Waals surface area contributed by atoms with Gasteiger partial charge in [0.05, 0.1) is 0 Å². The predicted octanol–water partition coefficient (Wildman–Crippen LogP) is -1.32. The van der Waals surface area contributed by atoms with Crippen LogP contribution in [0.1, 0.15) is 12.7 Å². The first-order chi connectivity index (χ1) is 9.65. The lowest BCUT2D eigenvalue weighted by Crippen LogP contribution is -2.36. The number of aryl methyl sites for hydroxylation is 1. The van der Waals surface area contributed by atoms with Crippen LogP contribution in [0.15, 0.2) is 9.59 Å². The minimum absolute atomic E-state index is 0.130. The highest BCUT2D eigenvalue weighted by molar-refractivity contribution is 5.73. The van der Waals surface area contributed by atoms with E-state index >= 15 is 0 Å². The fraction of sp³-hybridized carbons (Fsp3) is 0.364. The van der Waals surface area contributed by atoms with Gasteiger partial charge in [-0.25, -0.2) is 9.78 Å². The van der Waals surface area contributed by atoms with Gasteiger partial charge in [0.15, 0.2) is 5.65 Å². The quantitative estimate of drug-likeness (QED) is 0.622. The highest BCUT2D eigenvalue weighted by Gasteiger charge is 2.14. The Morgan fingerprint density at radius 3 is 2.19 bits per heavy atom. The summed E-state index contributed by atoms with van der Waals surface area (Å²) in [6.45, 7) is 1.08. The van der Waals surface area contributed by atoms with Crippen molar-refractivity contribution in [2.45, 2.75) is 13.3 Å². The molecule has 10 nitrogen and oxygen atoms in total. The van der Waals surface area contributed by atoms with Crippen LogP contribution in [0.3, 0.4) is 0 Å². The minimum Gasteiger partial charge on any atom is -0.481 e. The summed E-state index contributed by atoms with van der Waals surface area (Å²) in [6, 6.07) is 0. The van der Waals surface area contributed by atoms with Crippen LogP contribution >= 0.6 is 0 Å². The number of nitrogens with one attached hydrogen (secondary N) is 1. The molecule has 0 spiro atoms. The van der Waals surface area contributed by atoms with Gasteiger partial charge in [-0.1, -0.05) is 0 Å². The Labute approximate surface area is 117 Å². The molecule has 0 aliphatic rings. The lowest BCUT2D eigenvalue weighted by Gasteiger charge is -2.00. The molecule has 0 saturated heterocycles. The Morgan fingerprint density at radius 2 is 1.71 bits per heavy atom. The lowest BCUT2D eigenvalue weighted by atomic mass is 10.4. The monoisotopic (exact) mass is 298 g/mol. The zero-order valence-corrected chi connectivity index (χ0v) is 11.6. The summed E-state index contributed by atoms with van der Waals surface area (Å²) in [7, 11) is 2.82. The number of carboxylic acid groups (broad SMARTS) is 2. The van der Waals surface area contributed by atoms with E-state index in [0.29, 0.717) is 0 Å². The molecule has 10 heteroatoms. The molecule has 0 aliphatic carbocycles. The van der Waals surface area contributed by atoms with Gasteiger partial charge in [0.25, 0.3) is 11.5 Å². The predicted molar refractivity (Wildman–Crippen MR) is 71.2 cm³/mol. The fourth-order valence-electron chi connectivity index (χ4n) is 1.60. The van der Waals surface area contributed by atoms with Gasteiger partial charge in [-0.05, 0) is 0 Å². The fourth-order valence-corrected chi connectivity index (χ4v) is 1.60. The van der Waals surface area contributed by atoms with E-state index in [2.05, 4.69) is 9.97 Å². The molecule has 0 atom stereocenters. The first kappa shape index (κ1) is 16.1. The smallest absolute Gasteiger partial charge is 0.332 e. The molecule has 2 rings (SSSR count). The van der Waals surface area contributed by atoms with Crippen molar-refractivity contribution in [2.24, 2.45) is 14.1 Å². The normalized spacial score (nSPS) is 10.0. The van der Waals surface area contributed by atoms with E-state index in [-0.39, 0.29) is 23.4 Å². The summed E-state index contributed by atoms with van der Waals surface area (Å²) in [6.07, 6.45) is -0.327. The van der Waals surface area contributed by atoms with Crippen LogP contribution in [0.5, 0.6) is 0 Å². The zero-order valence-electron chi connectivity index (χ0n) is 11.6. The molecule has 0 amide bonds. The Morgan fingerprint density at radius 1 is 1.19 bits per heavy atom. The molecule has 0 aliphatic heterocycles. The van der Waals surface area contributed by atoms with E-state index in [1.165, 1.54) is 18.7 Å². The number of hydrogen-bond donors (Lipinski definition) is 3. The number of rotatable bonds is 2. The highest BCUT2D eigenvalue weighted by Crippen LogP contribution is 2.04. The van der Waals surface area contributed by atoms with Gasteiger partial charge in [-0.15, -0.1) is 0 Å². The number of aliphatic carboxylic acids is 2. The summed E-state index contributed by atoms with van der Waals surface area (Å²) in [5, 5.41) is 16.0. The number of H-pyrrole nitrogens is 1. The summed E-state index contributed by atoms with van der Waals surface area (Å²) < 4.78 is 2.13. The number of imidazole rings is 1. The molecule has 0 aromatic carbocycles. The molecule has 0 saturated carbocycles. The van der Waals surface area contributed by atoms with E-state index in [4.69, 9.17) is 15.0 Å². The number of nitrogens with zero attached hydrogens (tertiary/aromatic N) is 3. The maximum Gasteiger partial charge on any atom is 0.332 e. The summed E-state index contributed by atoms with van der Waals surface area (Å²) in [5.41, 5.74) is -0.733. The molecule has 114 valence electrons. The van der Waals surface area contributed by atoms with Crippen LogP contribution in [0, 0.1) is 0 Å². The Hall–Kier alpha value is -2.91. The van der Waals surface area contributed by atoms with Gasteiger partial charge in [-0.3, -0.25) is 23.5 Å². The summed E-state index contributed by atoms with van der Waals surface area (Å²) in [5.74, 6) is -1.75. The van der Waals surface area contributed by atoms with Crippen molar-refractivity contribution in [2.75, 3.05) is 0 Å². The van der Waals surface area contributed by atoms with Crippen LogP contribution in [0.25, 0.3) is 11.2 Å². The average Bonchev–Trinajstić information content (AvgIpc) is 2.76. The molecule has 0 radical (unpaired) electrons. The van der Waals surface area contributed by atoms with Crippen molar-refractivity contribution in [3.8, 4) is 0 Å². The minimum atomic E-state index is -1.06. The third kappa shape index (κ3) is 3.55. The molecule has 2 aromatic rings. The lowest BCUT2D eigenvalue weighted by molar-refractivity contribution is -0.136. The van der Waals surface area contributed by atoms with Gasteiger partial charge in [0.2, 0.25) is 0 Å². The second-order valence-corrected chi connectivity index (χ2v) is 4.18. The van der Waals surface area contributed by atoms with Gasteiger partial charge >= 0.3 is 11.7 Å². The number of aromatic nitrogens is 4. The number of aromatic amines is 1. The third-order valence-corrected chi connectivity index (χ3v) is 2.46. The maximum atomic E-state index is 11.7. The van der Waals surface area contributed by atoms with E-state index in [0.717, 1.165) is 11.5 Å². The number of carboxylic acids is 2. The van der Waals surface area contributed by atoms with Crippen LogP contribution in [-0.2, 0) is 30.1 Å². The first-order valence-corrected chi connectivity index (χ1v) is 5.71. The number of carbonyl (C=O) groups is 2. The standard InChI is InChI=1S/C9H10N4O4.C2H4O2/c1-12-7-6(8(16)13(2)9(12)17)10-4(11-7)3-5(14)15;1-2(3)4/h3H2,1-2H3,(H,10,11)(H,14,15);1H3,(H,3,4). The molecule has 0 fully saturated rings. The van der Waals surface area contributed by atoms with Gasteiger partial charge in [0, 0.05) is 21.0 Å². The average molecular weight is 298 g/mol. The van der Waals surface area contributed by atoms with Gasteiger partial charge in [-0.2, -0.15) is 0 Å². The molecule has 2 aromatic heterocycles. The van der Waals surface area contributed by atoms with Crippen molar-refractivity contribution in [3.63, 3.8) is 0 Å². The topological polar surface area (TPSA) is 147 Å². The third-order valence-electron chi connectivity index (χ3n) is 2.46. The Bertz CT molecular complexity index is 808. The molecular formula is C11H14N4O6. The Kier molecular flexibility index (Phi) is 4.64. The number of hydrogen-bond acceptors (Lipinski definition) is 5. The number of fused-ring (bicyclic) bond motifs is 1. The van der Waals surface area contributed by atoms with Crippen molar-refractivity contribution >= 4 is 23.1 Å². The molecule has 0 unspecified atom stereocenters. The largest absolute Gasteiger partial charge is 0.481 e. The Balaban J connectivity index is 0.000000491. The van der Waals surface area contributed by atoms with E-state index < -0.39 is 23.2 Å². The molecule has 2 heterocycles. The van der Waals surface area contributed by atoms with E-state index in [1.807, 2.05) is 0 Å². The highest BCUT2D eigenvalue weighted by atomic mass is 16.4. The second kappa shape index (κ2) is 6.03.